The van der Waals surface area contributed by atoms with Gasteiger partial charge >= 0.3 is 5.69 Å². The van der Waals surface area contributed by atoms with Crippen LogP contribution in [0.15, 0.2) is 54.9 Å². The molecule has 5 rings (SSSR count). The molecular weight excluding hydrogens is 460 g/mol. The fourth-order valence-corrected chi connectivity index (χ4v) is 4.10. The summed E-state index contributed by atoms with van der Waals surface area (Å²) in [6.07, 6.45) is 3.11. The molecule has 0 bridgehead atoms. The van der Waals surface area contributed by atoms with Gasteiger partial charge in [0, 0.05) is 55.6 Å². The van der Waals surface area contributed by atoms with Gasteiger partial charge in [0.05, 0.1) is 27.9 Å². The Kier molecular flexibility index (Phi) is 5.69. The number of piperazine rings is 1. The van der Waals surface area contributed by atoms with Crippen LogP contribution >= 0.6 is 0 Å². The molecule has 0 saturated carbocycles. The third-order valence-corrected chi connectivity index (χ3v) is 5.86. The molecule has 0 spiro atoms. The highest BCUT2D eigenvalue weighted by Gasteiger charge is 2.27. The number of hydrogen-bond donors (Lipinski definition) is 2. The van der Waals surface area contributed by atoms with Crippen molar-refractivity contribution >= 4 is 39.7 Å². The summed E-state index contributed by atoms with van der Waals surface area (Å²) in [5.74, 6) is -2.25. The zero-order valence-electron chi connectivity index (χ0n) is 18.2. The number of amides is 1. The number of nitrogens with zero attached hydrogens (tertiary/aromatic N) is 5. The molecule has 12 heteroatoms. The molecule has 0 aliphatic carbocycles. The molecule has 3 heterocycles. The SMILES string of the molecule is O=C(Nc1ccc2cn[nH]c2c1)c1cc(N2CCN(c3ncccc3[N+](=O)[O-])CC2)c(F)cc1F. The van der Waals surface area contributed by atoms with Gasteiger partial charge in [0.1, 0.15) is 11.6 Å². The van der Waals surface area contributed by atoms with Crippen LogP contribution in [0.1, 0.15) is 10.4 Å². The minimum Gasteiger partial charge on any atom is -0.366 e. The number of nitro groups is 1. The number of anilines is 3. The summed E-state index contributed by atoms with van der Waals surface area (Å²) in [6.45, 7) is 1.27. The van der Waals surface area contributed by atoms with Crippen molar-refractivity contribution in [2.75, 3.05) is 41.3 Å². The second-order valence-corrected chi connectivity index (χ2v) is 7.99. The highest BCUT2D eigenvalue weighted by Crippen LogP contribution is 2.29. The Labute approximate surface area is 197 Å². The van der Waals surface area contributed by atoms with Gasteiger partial charge in [-0.15, -0.1) is 0 Å². The molecule has 0 radical (unpaired) electrons. The van der Waals surface area contributed by atoms with Crippen molar-refractivity contribution in [2.45, 2.75) is 0 Å². The van der Waals surface area contributed by atoms with E-state index >= 15 is 0 Å². The monoisotopic (exact) mass is 479 g/mol. The van der Waals surface area contributed by atoms with Crippen LogP contribution in [-0.4, -0.2) is 52.2 Å². The number of pyridine rings is 1. The first-order chi connectivity index (χ1) is 16.9. The van der Waals surface area contributed by atoms with Gasteiger partial charge in [0.15, 0.2) is 0 Å². The second-order valence-electron chi connectivity index (χ2n) is 7.99. The molecule has 4 aromatic rings. The molecule has 1 fully saturated rings. The molecule has 1 aliphatic heterocycles. The number of carbonyl (C=O) groups is 1. The molecule has 2 N–H and O–H groups in total. The van der Waals surface area contributed by atoms with Crippen molar-refractivity contribution in [3.05, 3.63) is 82.2 Å². The largest absolute Gasteiger partial charge is 0.366 e. The minimum atomic E-state index is -0.978. The van der Waals surface area contributed by atoms with Gasteiger partial charge in [-0.3, -0.25) is 20.0 Å². The first kappa shape index (κ1) is 22.2. The summed E-state index contributed by atoms with van der Waals surface area (Å²) in [7, 11) is 0. The van der Waals surface area contributed by atoms with Crippen molar-refractivity contribution < 1.29 is 18.5 Å². The number of fused-ring (bicyclic) bond motifs is 1. The van der Waals surface area contributed by atoms with Crippen LogP contribution in [0.25, 0.3) is 10.9 Å². The maximum Gasteiger partial charge on any atom is 0.311 e. The zero-order valence-corrected chi connectivity index (χ0v) is 18.2. The van der Waals surface area contributed by atoms with E-state index in [4.69, 9.17) is 0 Å². The van der Waals surface area contributed by atoms with Gasteiger partial charge in [-0.1, -0.05) is 0 Å². The average Bonchev–Trinajstić information content (AvgIpc) is 3.32. The van der Waals surface area contributed by atoms with Crippen LogP contribution in [0.4, 0.5) is 31.7 Å². The smallest absolute Gasteiger partial charge is 0.311 e. The lowest BCUT2D eigenvalue weighted by Crippen LogP contribution is -2.47. The summed E-state index contributed by atoms with van der Waals surface area (Å²) in [4.78, 5) is 31.2. The van der Waals surface area contributed by atoms with Crippen LogP contribution in [0.2, 0.25) is 0 Å². The highest BCUT2D eigenvalue weighted by molar-refractivity contribution is 6.05. The lowest BCUT2D eigenvalue weighted by molar-refractivity contribution is -0.384. The van der Waals surface area contributed by atoms with Crippen LogP contribution in [0.3, 0.4) is 0 Å². The number of nitrogens with one attached hydrogen (secondary N) is 2. The molecule has 0 unspecified atom stereocenters. The van der Waals surface area contributed by atoms with Crippen molar-refractivity contribution in [1.82, 2.24) is 15.2 Å². The van der Waals surface area contributed by atoms with Crippen molar-refractivity contribution in [3.8, 4) is 0 Å². The van der Waals surface area contributed by atoms with E-state index in [1.807, 2.05) is 0 Å². The number of carbonyl (C=O) groups excluding carboxylic acids is 1. The molecule has 178 valence electrons. The van der Waals surface area contributed by atoms with E-state index in [1.54, 1.807) is 34.2 Å². The maximum atomic E-state index is 14.7. The number of aromatic nitrogens is 3. The predicted molar refractivity (Wildman–Crippen MR) is 126 cm³/mol. The van der Waals surface area contributed by atoms with Crippen molar-refractivity contribution in [3.63, 3.8) is 0 Å². The molecular formula is C23H19F2N7O3. The number of H-pyrrole nitrogens is 1. The Balaban J connectivity index is 1.34. The predicted octanol–water partition coefficient (Wildman–Crippen LogP) is 3.72. The van der Waals surface area contributed by atoms with Gasteiger partial charge in [-0.25, -0.2) is 13.8 Å². The van der Waals surface area contributed by atoms with Gasteiger partial charge in [-0.05, 0) is 30.3 Å². The molecule has 10 nitrogen and oxygen atoms in total. The number of hydrogen-bond acceptors (Lipinski definition) is 7. The summed E-state index contributed by atoms with van der Waals surface area (Å²) in [5, 5.41) is 21.5. The Morgan fingerprint density at radius 2 is 1.83 bits per heavy atom. The summed E-state index contributed by atoms with van der Waals surface area (Å²) in [6, 6.07) is 9.83. The highest BCUT2D eigenvalue weighted by atomic mass is 19.1. The number of benzene rings is 2. The lowest BCUT2D eigenvalue weighted by atomic mass is 10.1. The van der Waals surface area contributed by atoms with E-state index in [1.165, 1.54) is 24.4 Å². The van der Waals surface area contributed by atoms with E-state index in [0.29, 0.717) is 43.4 Å². The first-order valence-electron chi connectivity index (χ1n) is 10.7. The number of rotatable bonds is 5. The second kappa shape index (κ2) is 8.97. The Morgan fingerprint density at radius 3 is 2.60 bits per heavy atom. The van der Waals surface area contributed by atoms with E-state index < -0.39 is 22.5 Å². The molecule has 1 amide bonds. The van der Waals surface area contributed by atoms with E-state index in [0.717, 1.165) is 5.39 Å². The van der Waals surface area contributed by atoms with Crippen LogP contribution in [0, 0.1) is 21.7 Å². The maximum absolute atomic E-state index is 14.7. The number of halogens is 2. The molecule has 2 aromatic carbocycles. The average molecular weight is 479 g/mol. The third kappa shape index (κ3) is 4.33. The van der Waals surface area contributed by atoms with Crippen LogP contribution < -0.4 is 15.1 Å². The van der Waals surface area contributed by atoms with E-state index in [9.17, 15) is 23.7 Å². The summed E-state index contributed by atoms with van der Waals surface area (Å²) < 4.78 is 29.2. The van der Waals surface area contributed by atoms with Gasteiger partial charge < -0.3 is 15.1 Å². The molecule has 0 atom stereocenters. The van der Waals surface area contributed by atoms with E-state index in [2.05, 4.69) is 20.5 Å². The van der Waals surface area contributed by atoms with Gasteiger partial charge in [-0.2, -0.15) is 5.10 Å². The fraction of sp³-hybridized carbons (Fsp3) is 0.174. The first-order valence-corrected chi connectivity index (χ1v) is 10.7. The summed E-state index contributed by atoms with van der Waals surface area (Å²) >= 11 is 0. The molecule has 1 saturated heterocycles. The normalized spacial score (nSPS) is 13.8. The molecule has 1 aliphatic rings. The third-order valence-electron chi connectivity index (χ3n) is 5.86. The molecule has 2 aromatic heterocycles. The standard InChI is InChI=1S/C23H19F2N7O3/c24-17-12-18(25)21(11-16(17)23(33)28-15-4-3-14-13-27-29-19(14)10-15)30-6-8-31(9-7-30)22-20(32(34)35)2-1-5-26-22/h1-5,10-13H,6-9H2,(H,27,29)(H,28,33). The Hall–Kier alpha value is -4.61. The fourth-order valence-electron chi connectivity index (χ4n) is 4.10. The minimum absolute atomic E-state index is 0.0794. The topological polar surface area (TPSA) is 120 Å². The lowest BCUT2D eigenvalue weighted by Gasteiger charge is -2.36. The van der Waals surface area contributed by atoms with Gasteiger partial charge in [0.25, 0.3) is 5.91 Å². The van der Waals surface area contributed by atoms with Crippen molar-refractivity contribution in [1.29, 1.82) is 0 Å². The Bertz CT molecular complexity index is 1430. The molecule has 35 heavy (non-hydrogen) atoms. The quantitative estimate of drug-likeness (QED) is 0.331. The van der Waals surface area contributed by atoms with Crippen LogP contribution in [0.5, 0.6) is 0 Å². The summed E-state index contributed by atoms with van der Waals surface area (Å²) in [5.41, 5.74) is 0.808. The van der Waals surface area contributed by atoms with E-state index in [-0.39, 0.29) is 22.8 Å². The van der Waals surface area contributed by atoms with Crippen molar-refractivity contribution in [2.24, 2.45) is 0 Å². The zero-order chi connectivity index (χ0) is 24.5. The van der Waals surface area contributed by atoms with Gasteiger partial charge in [0.2, 0.25) is 5.82 Å². The number of aromatic amines is 1. The van der Waals surface area contributed by atoms with Crippen LogP contribution in [-0.2, 0) is 0 Å². The Morgan fingerprint density at radius 1 is 1.06 bits per heavy atom.